The third-order valence-electron chi connectivity index (χ3n) is 4.13. The van der Waals surface area contributed by atoms with Gasteiger partial charge in [0.2, 0.25) is 15.9 Å². The van der Waals surface area contributed by atoms with Gasteiger partial charge < -0.3 is 10.1 Å². The lowest BCUT2D eigenvalue weighted by molar-refractivity contribution is -0.122. The van der Waals surface area contributed by atoms with Gasteiger partial charge in [0, 0.05) is 0 Å². The molecular formula is C19H23FN2O4S. The molecule has 0 radical (unpaired) electrons. The van der Waals surface area contributed by atoms with Gasteiger partial charge in [0.05, 0.1) is 25.1 Å². The van der Waals surface area contributed by atoms with E-state index in [4.69, 9.17) is 4.74 Å². The number of hydrogen-bond acceptors (Lipinski definition) is 4. The van der Waals surface area contributed by atoms with Crippen LogP contribution in [0.3, 0.4) is 0 Å². The van der Waals surface area contributed by atoms with Crippen molar-refractivity contribution in [1.82, 2.24) is 5.32 Å². The van der Waals surface area contributed by atoms with Crippen molar-refractivity contribution >= 4 is 21.6 Å². The zero-order valence-corrected chi connectivity index (χ0v) is 16.5. The molecule has 0 bridgehead atoms. The fraction of sp³-hybridized carbons (Fsp3) is 0.316. The summed E-state index contributed by atoms with van der Waals surface area (Å²) in [4.78, 5) is 12.7. The molecule has 146 valence electrons. The van der Waals surface area contributed by atoms with Crippen LogP contribution in [0.5, 0.6) is 5.75 Å². The second-order valence-electron chi connectivity index (χ2n) is 6.22. The van der Waals surface area contributed by atoms with Crippen molar-refractivity contribution in [2.24, 2.45) is 0 Å². The monoisotopic (exact) mass is 394 g/mol. The van der Waals surface area contributed by atoms with Crippen molar-refractivity contribution in [2.45, 2.75) is 25.9 Å². The van der Waals surface area contributed by atoms with Crippen LogP contribution < -0.4 is 14.4 Å². The maximum Gasteiger partial charge on any atom is 0.244 e. The fourth-order valence-electron chi connectivity index (χ4n) is 2.73. The Labute approximate surface area is 159 Å². The first-order chi connectivity index (χ1) is 12.6. The second kappa shape index (κ2) is 8.39. The molecule has 1 amide bonds. The largest absolute Gasteiger partial charge is 0.497 e. The van der Waals surface area contributed by atoms with Crippen molar-refractivity contribution in [3.63, 3.8) is 0 Å². The highest BCUT2D eigenvalue weighted by Gasteiger charge is 2.30. The molecule has 0 aliphatic rings. The number of ether oxygens (including phenoxy) is 1. The van der Waals surface area contributed by atoms with Crippen molar-refractivity contribution < 1.29 is 22.3 Å². The molecule has 0 saturated heterocycles. The predicted molar refractivity (Wildman–Crippen MR) is 103 cm³/mol. The van der Waals surface area contributed by atoms with Crippen molar-refractivity contribution in [1.29, 1.82) is 0 Å². The Morgan fingerprint density at radius 2 is 1.78 bits per heavy atom. The molecule has 2 aromatic rings. The van der Waals surface area contributed by atoms with E-state index >= 15 is 0 Å². The number of carbonyl (C=O) groups is 1. The molecule has 0 aliphatic carbocycles. The number of hydrogen-bond donors (Lipinski definition) is 1. The molecule has 0 heterocycles. The van der Waals surface area contributed by atoms with Gasteiger partial charge in [-0.05, 0) is 49.7 Å². The Hall–Kier alpha value is -2.61. The lowest BCUT2D eigenvalue weighted by Crippen LogP contribution is -2.48. The van der Waals surface area contributed by atoms with Gasteiger partial charge in [-0.3, -0.25) is 9.10 Å². The van der Waals surface area contributed by atoms with E-state index in [1.807, 2.05) is 12.1 Å². The molecule has 0 fully saturated rings. The molecule has 0 spiro atoms. The number of anilines is 1. The van der Waals surface area contributed by atoms with E-state index in [1.54, 1.807) is 26.2 Å². The highest BCUT2D eigenvalue weighted by molar-refractivity contribution is 7.92. The minimum absolute atomic E-state index is 0.0947. The smallest absolute Gasteiger partial charge is 0.244 e. The van der Waals surface area contributed by atoms with Crippen LogP contribution >= 0.6 is 0 Å². The molecule has 2 rings (SSSR count). The molecule has 2 atom stereocenters. The summed E-state index contributed by atoms with van der Waals surface area (Å²) >= 11 is 0. The Morgan fingerprint density at radius 3 is 2.30 bits per heavy atom. The summed E-state index contributed by atoms with van der Waals surface area (Å²) in [6.07, 6.45) is 0.981. The van der Waals surface area contributed by atoms with E-state index in [9.17, 15) is 17.6 Å². The lowest BCUT2D eigenvalue weighted by Gasteiger charge is -2.29. The third-order valence-corrected chi connectivity index (χ3v) is 5.37. The van der Waals surface area contributed by atoms with Crippen molar-refractivity contribution in [3.8, 4) is 5.75 Å². The number of benzene rings is 2. The van der Waals surface area contributed by atoms with Crippen LogP contribution in [0.2, 0.25) is 0 Å². The van der Waals surface area contributed by atoms with E-state index < -0.39 is 27.8 Å². The third kappa shape index (κ3) is 5.19. The van der Waals surface area contributed by atoms with Crippen LogP contribution in [0.1, 0.15) is 25.5 Å². The van der Waals surface area contributed by atoms with Crippen molar-refractivity contribution in [2.75, 3.05) is 17.7 Å². The Bertz CT molecular complexity index is 900. The summed E-state index contributed by atoms with van der Waals surface area (Å²) in [5.41, 5.74) is 0.935. The molecule has 0 saturated carbocycles. The first-order valence-corrected chi connectivity index (χ1v) is 10.2. The number of halogens is 1. The van der Waals surface area contributed by atoms with E-state index in [0.717, 1.165) is 22.2 Å². The topological polar surface area (TPSA) is 75.7 Å². The first kappa shape index (κ1) is 20.7. The molecule has 8 heteroatoms. The maximum absolute atomic E-state index is 13.5. The van der Waals surface area contributed by atoms with Gasteiger partial charge in [-0.1, -0.05) is 18.2 Å². The summed E-state index contributed by atoms with van der Waals surface area (Å²) < 4.78 is 44.0. The number of amides is 1. The highest BCUT2D eigenvalue weighted by Crippen LogP contribution is 2.23. The molecule has 0 aromatic heterocycles. The van der Waals surface area contributed by atoms with Crippen LogP contribution in [-0.2, 0) is 14.8 Å². The summed E-state index contributed by atoms with van der Waals surface area (Å²) in [5.74, 6) is -0.381. The Balaban J connectivity index is 2.21. The number of sulfonamides is 1. The fourth-order valence-corrected chi connectivity index (χ4v) is 3.90. The second-order valence-corrected chi connectivity index (χ2v) is 8.08. The van der Waals surface area contributed by atoms with E-state index in [0.29, 0.717) is 5.75 Å². The van der Waals surface area contributed by atoms with Gasteiger partial charge in [0.15, 0.2) is 0 Å². The van der Waals surface area contributed by atoms with Crippen LogP contribution in [0.15, 0.2) is 48.5 Å². The maximum atomic E-state index is 13.5. The predicted octanol–water partition coefficient (Wildman–Crippen LogP) is 2.87. The summed E-state index contributed by atoms with van der Waals surface area (Å²) in [7, 11) is -2.24. The Morgan fingerprint density at radius 1 is 1.15 bits per heavy atom. The normalized spacial score (nSPS) is 13.5. The Kier molecular flexibility index (Phi) is 6.43. The first-order valence-electron chi connectivity index (χ1n) is 8.32. The summed E-state index contributed by atoms with van der Waals surface area (Å²) in [6.45, 7) is 3.25. The lowest BCUT2D eigenvalue weighted by atomic mass is 10.1. The van der Waals surface area contributed by atoms with Crippen LogP contribution in [0.4, 0.5) is 10.1 Å². The van der Waals surface area contributed by atoms with E-state index in [2.05, 4.69) is 5.32 Å². The molecular weight excluding hydrogens is 371 g/mol. The standard InChI is InChI=1S/C19H23FN2O4S/c1-13(15-8-10-18(26-3)11-9-15)21-19(23)14(2)22(27(4,24)25)17-7-5-6-16(20)12-17/h5-14H,1-4H3,(H,21,23)/t13-,14+/m1/s1. The number of carbonyl (C=O) groups excluding carboxylic acids is 1. The van der Waals surface area contributed by atoms with E-state index in [-0.39, 0.29) is 11.7 Å². The van der Waals surface area contributed by atoms with Gasteiger partial charge in [-0.15, -0.1) is 0 Å². The van der Waals surface area contributed by atoms with Crippen LogP contribution in [-0.4, -0.2) is 33.7 Å². The average molecular weight is 394 g/mol. The zero-order chi connectivity index (χ0) is 20.2. The van der Waals surface area contributed by atoms with Crippen LogP contribution in [0.25, 0.3) is 0 Å². The van der Waals surface area contributed by atoms with Gasteiger partial charge in [-0.25, -0.2) is 12.8 Å². The van der Waals surface area contributed by atoms with Gasteiger partial charge in [0.25, 0.3) is 0 Å². The molecule has 0 aliphatic heterocycles. The molecule has 0 unspecified atom stereocenters. The summed E-state index contributed by atoms with van der Waals surface area (Å²) in [5, 5.41) is 2.79. The molecule has 1 N–H and O–H groups in total. The quantitative estimate of drug-likeness (QED) is 0.784. The minimum atomic E-state index is -3.80. The highest BCUT2D eigenvalue weighted by atomic mass is 32.2. The van der Waals surface area contributed by atoms with Crippen molar-refractivity contribution in [3.05, 3.63) is 59.9 Å². The van der Waals surface area contributed by atoms with E-state index in [1.165, 1.54) is 25.1 Å². The van der Waals surface area contributed by atoms with Gasteiger partial charge >= 0.3 is 0 Å². The zero-order valence-electron chi connectivity index (χ0n) is 15.6. The van der Waals surface area contributed by atoms with Gasteiger partial charge in [-0.2, -0.15) is 0 Å². The number of nitrogens with one attached hydrogen (secondary N) is 1. The number of nitrogens with zero attached hydrogens (tertiary/aromatic N) is 1. The molecule has 2 aromatic carbocycles. The SMILES string of the molecule is COc1ccc([C@@H](C)NC(=O)[C@H](C)N(c2cccc(F)c2)S(C)(=O)=O)cc1. The average Bonchev–Trinajstić information content (AvgIpc) is 2.60. The number of rotatable bonds is 7. The summed E-state index contributed by atoms with van der Waals surface area (Å²) in [6, 6.07) is 10.9. The van der Waals surface area contributed by atoms with Gasteiger partial charge in [0.1, 0.15) is 17.6 Å². The molecule has 6 nitrogen and oxygen atoms in total. The minimum Gasteiger partial charge on any atom is -0.497 e. The number of methoxy groups -OCH3 is 1. The molecule has 27 heavy (non-hydrogen) atoms. The van der Waals surface area contributed by atoms with Crippen LogP contribution in [0, 0.1) is 5.82 Å².